The Labute approximate surface area is 219 Å². The summed E-state index contributed by atoms with van der Waals surface area (Å²) < 4.78 is 0. The fourth-order valence-electron chi connectivity index (χ4n) is 1.56. The van der Waals surface area contributed by atoms with E-state index in [1.165, 1.54) is 9.79 Å². The van der Waals surface area contributed by atoms with E-state index in [0.717, 1.165) is 10.8 Å². The fourth-order valence-corrected chi connectivity index (χ4v) is 6.48. The van der Waals surface area contributed by atoms with Crippen molar-refractivity contribution in [3.63, 3.8) is 0 Å². The number of hydrogen-bond acceptors (Lipinski definition) is 2. The van der Waals surface area contributed by atoms with Gasteiger partial charge >= 0.3 is 26.2 Å². The van der Waals surface area contributed by atoms with Crippen LogP contribution in [-0.2, 0) is 26.2 Å². The first-order valence-corrected chi connectivity index (χ1v) is 16.4. The Hall–Kier alpha value is 1.25. The van der Waals surface area contributed by atoms with E-state index in [4.69, 9.17) is 10.8 Å². The third kappa shape index (κ3) is 21.9. The molecule has 0 atom stereocenters. The van der Waals surface area contributed by atoms with E-state index in [2.05, 4.69) is 50.5 Å². The van der Waals surface area contributed by atoms with Gasteiger partial charge in [-0.15, -0.1) is 23.5 Å². The Balaban J connectivity index is -0.000000180. The molecule has 0 aliphatic rings. The first kappa shape index (κ1) is 36.6. The molecule has 0 aromatic heterocycles. The molecule has 0 unspecified atom stereocenters. The van der Waals surface area contributed by atoms with Gasteiger partial charge in [-0.1, -0.05) is 79.1 Å². The maximum Gasteiger partial charge on any atom is 3.00 e. The van der Waals surface area contributed by atoms with E-state index in [1.54, 1.807) is 23.5 Å². The van der Waals surface area contributed by atoms with Gasteiger partial charge in [-0.3, -0.25) is 0 Å². The number of nitrogens with one attached hydrogen (secondary N) is 2. The van der Waals surface area contributed by atoms with Crippen molar-refractivity contribution < 1.29 is 63.4 Å². The number of halogens is 3. The molecule has 157 valence electrons. The first-order chi connectivity index (χ1) is 11.2. The SMILES string of the molecule is C[Si](C)([NH-])CSc1ccccc1.C[Si](C)([NH-])CSc1ccccc1.[Cl-].[Cl-].[Cl-].[Zr+3]. The molecule has 0 spiro atoms. The molecule has 0 aliphatic heterocycles. The molecule has 2 N–H and O–H groups in total. The molecule has 0 saturated carbocycles. The molecule has 2 rings (SSSR count). The third-order valence-electron chi connectivity index (χ3n) is 2.69. The van der Waals surface area contributed by atoms with Crippen LogP contribution in [0.15, 0.2) is 70.5 Å². The van der Waals surface area contributed by atoms with Gasteiger partial charge in [-0.05, 0) is 35.0 Å². The van der Waals surface area contributed by atoms with Crippen molar-refractivity contribution >= 4 is 40.0 Å². The topological polar surface area (TPSA) is 47.6 Å². The molecule has 10 heteroatoms. The molecule has 1 radical (unpaired) electrons. The first-order valence-electron chi connectivity index (χ1n) is 8.01. The predicted octanol–water partition coefficient (Wildman–Crippen LogP) is -1.84. The molecule has 0 heterocycles. The molecule has 28 heavy (non-hydrogen) atoms. The number of hydrogen-bond donors (Lipinski definition) is 0. The van der Waals surface area contributed by atoms with Gasteiger partial charge in [0, 0.05) is 9.79 Å². The summed E-state index contributed by atoms with van der Waals surface area (Å²) in [6.07, 6.45) is 0. The van der Waals surface area contributed by atoms with Gasteiger partial charge in [0.05, 0.1) is 0 Å². The van der Waals surface area contributed by atoms with Crippen LogP contribution in [0.5, 0.6) is 0 Å². The molecule has 2 aromatic rings. The minimum Gasteiger partial charge on any atom is -1.00 e. The van der Waals surface area contributed by atoms with Crippen molar-refractivity contribution in [2.45, 2.75) is 36.0 Å². The van der Waals surface area contributed by atoms with Crippen molar-refractivity contribution in [1.82, 2.24) is 0 Å². The maximum atomic E-state index is 7.80. The van der Waals surface area contributed by atoms with Crippen molar-refractivity contribution in [3.8, 4) is 0 Å². The van der Waals surface area contributed by atoms with Crippen LogP contribution in [0.1, 0.15) is 0 Å². The predicted molar refractivity (Wildman–Crippen MR) is 118 cm³/mol. The van der Waals surface area contributed by atoms with Crippen LogP contribution in [0.3, 0.4) is 0 Å². The zero-order valence-corrected chi connectivity index (χ0v) is 25.0. The average molecular weight is 590 g/mol. The van der Waals surface area contributed by atoms with Crippen LogP contribution in [0.25, 0.3) is 10.8 Å². The standard InChI is InChI=1S/2C9H14NSSi.3ClH.Zr/c2*1-12(2,10)8-11-9-6-4-3-5-7-9;;;;/h2*3-7,10H,8H2,1-2H3;3*1H;/q2*-1;;;;+3/p-3. The third-order valence-corrected chi connectivity index (χ3v) is 10.8. The van der Waals surface area contributed by atoms with Gasteiger partial charge in [-0.25, -0.2) is 0 Å². The summed E-state index contributed by atoms with van der Waals surface area (Å²) in [7, 11) is -3.25. The summed E-state index contributed by atoms with van der Waals surface area (Å²) >= 11 is 3.60. The molecule has 0 bridgehead atoms. The van der Waals surface area contributed by atoms with Crippen LogP contribution in [0.4, 0.5) is 0 Å². The van der Waals surface area contributed by atoms with Crippen LogP contribution in [0, 0.1) is 0 Å². The molecule has 2 aromatic carbocycles. The minimum absolute atomic E-state index is 0. The molecule has 0 fully saturated rings. The van der Waals surface area contributed by atoms with E-state index in [-0.39, 0.29) is 63.4 Å². The quantitative estimate of drug-likeness (QED) is 0.294. The summed E-state index contributed by atoms with van der Waals surface area (Å²) in [6, 6.07) is 20.6. The van der Waals surface area contributed by atoms with Crippen molar-refractivity contribution in [2.24, 2.45) is 0 Å². The second-order valence-corrected chi connectivity index (χ2v) is 18.3. The number of benzene rings is 2. The van der Waals surface area contributed by atoms with Crippen LogP contribution in [-0.4, -0.2) is 27.2 Å². The fraction of sp³-hybridized carbons (Fsp3) is 0.333. The summed E-state index contributed by atoms with van der Waals surface area (Å²) in [5, 5.41) is 17.6. The Bertz CT molecular complexity index is 533. The second kappa shape index (κ2) is 19.0. The molecular weight excluding hydrogens is 562 g/mol. The average Bonchev–Trinajstić information content (AvgIpc) is 2.52. The van der Waals surface area contributed by atoms with Gasteiger partial charge in [0.15, 0.2) is 0 Å². The van der Waals surface area contributed by atoms with Crippen molar-refractivity contribution in [3.05, 3.63) is 71.5 Å². The zero-order valence-electron chi connectivity index (χ0n) is 16.6. The molecular formula is C18H28Cl3N2S2Si2Zr-2. The molecule has 0 saturated heterocycles. The van der Waals surface area contributed by atoms with Gasteiger partial charge in [-0.2, -0.15) is 0 Å². The molecule has 0 aliphatic carbocycles. The molecule has 0 amide bonds. The van der Waals surface area contributed by atoms with E-state index < -0.39 is 16.5 Å². The van der Waals surface area contributed by atoms with Gasteiger partial charge in [0.1, 0.15) is 0 Å². The second-order valence-electron chi connectivity index (χ2n) is 6.97. The Kier molecular flexibility index (Phi) is 24.8. The Morgan fingerprint density at radius 2 is 0.857 bits per heavy atom. The Morgan fingerprint density at radius 3 is 1.07 bits per heavy atom. The van der Waals surface area contributed by atoms with Crippen molar-refractivity contribution in [2.75, 3.05) is 10.8 Å². The number of thioether (sulfide) groups is 2. The summed E-state index contributed by atoms with van der Waals surface area (Å²) in [6.45, 7) is 8.29. The zero-order chi connectivity index (χ0) is 18.1. The minimum atomic E-state index is -1.63. The summed E-state index contributed by atoms with van der Waals surface area (Å²) in [4.78, 5) is 2.57. The maximum absolute atomic E-state index is 7.80. The van der Waals surface area contributed by atoms with Gasteiger partial charge in [0.2, 0.25) is 0 Å². The normalized spacial score (nSPS) is 9.93. The number of rotatable bonds is 6. The van der Waals surface area contributed by atoms with E-state index in [9.17, 15) is 0 Å². The Morgan fingerprint density at radius 1 is 0.607 bits per heavy atom. The smallest absolute Gasteiger partial charge is 1.00 e. The van der Waals surface area contributed by atoms with E-state index in [0.29, 0.717) is 0 Å². The molecule has 2 nitrogen and oxygen atoms in total. The van der Waals surface area contributed by atoms with Gasteiger partial charge < -0.3 is 48.0 Å². The van der Waals surface area contributed by atoms with Crippen molar-refractivity contribution in [1.29, 1.82) is 0 Å². The van der Waals surface area contributed by atoms with E-state index >= 15 is 0 Å². The van der Waals surface area contributed by atoms with E-state index in [1.807, 2.05) is 36.4 Å². The van der Waals surface area contributed by atoms with Crippen LogP contribution in [0.2, 0.25) is 26.2 Å². The largest absolute Gasteiger partial charge is 3.00 e. The summed E-state index contributed by atoms with van der Waals surface area (Å²) in [5.74, 6) is 0. The summed E-state index contributed by atoms with van der Waals surface area (Å²) in [5.41, 5.74) is 0. The van der Waals surface area contributed by atoms with Crippen LogP contribution >= 0.6 is 23.5 Å². The van der Waals surface area contributed by atoms with Crippen LogP contribution < -0.4 is 37.2 Å². The van der Waals surface area contributed by atoms with Gasteiger partial charge in [0.25, 0.3) is 0 Å². The monoisotopic (exact) mass is 587 g/mol.